The number of hydrogen-bond donors (Lipinski definition) is 2. The zero-order chi connectivity index (χ0) is 13.4. The zero-order valence-electron chi connectivity index (χ0n) is 10.4. The summed E-state index contributed by atoms with van der Waals surface area (Å²) >= 11 is 0. The number of rotatable bonds is 3. The van der Waals surface area contributed by atoms with E-state index in [1.807, 2.05) is 6.92 Å². The lowest BCUT2D eigenvalue weighted by Crippen LogP contribution is -2.15. The second kappa shape index (κ2) is 4.46. The van der Waals surface area contributed by atoms with Crippen molar-refractivity contribution in [1.82, 2.24) is 15.2 Å². The standard InChI is InChI=1S/C13H13FN4O/c1-7-2-5-9(14)10(6-7)15-13(19)12-16-11(17-18-12)8-3-4-8/h2,5-6,8H,3-4H2,1H3,(H,15,19)(H,16,17,18). The van der Waals surface area contributed by atoms with Crippen LogP contribution in [0.15, 0.2) is 18.2 Å². The summed E-state index contributed by atoms with van der Waals surface area (Å²) in [7, 11) is 0. The first-order valence-corrected chi connectivity index (χ1v) is 6.13. The normalized spacial score (nSPS) is 14.4. The lowest BCUT2D eigenvalue weighted by molar-refractivity contribution is 0.101. The molecule has 1 aliphatic carbocycles. The van der Waals surface area contributed by atoms with Crippen molar-refractivity contribution in [3.05, 3.63) is 41.2 Å². The van der Waals surface area contributed by atoms with Gasteiger partial charge in [-0.25, -0.2) is 9.37 Å². The Morgan fingerprint density at radius 2 is 2.26 bits per heavy atom. The van der Waals surface area contributed by atoms with E-state index in [9.17, 15) is 9.18 Å². The van der Waals surface area contributed by atoms with E-state index in [-0.39, 0.29) is 11.5 Å². The highest BCUT2D eigenvalue weighted by atomic mass is 19.1. The summed E-state index contributed by atoms with van der Waals surface area (Å²) in [6, 6.07) is 4.53. The third-order valence-electron chi connectivity index (χ3n) is 3.04. The molecule has 1 amide bonds. The summed E-state index contributed by atoms with van der Waals surface area (Å²) in [5, 5.41) is 9.08. The van der Waals surface area contributed by atoms with Gasteiger partial charge in [-0.1, -0.05) is 6.07 Å². The molecule has 1 aliphatic rings. The molecule has 0 aliphatic heterocycles. The van der Waals surface area contributed by atoms with Crippen molar-refractivity contribution in [2.75, 3.05) is 5.32 Å². The molecular formula is C13H13FN4O. The molecule has 3 rings (SSSR count). The molecule has 98 valence electrons. The van der Waals surface area contributed by atoms with Crippen molar-refractivity contribution >= 4 is 11.6 Å². The number of halogens is 1. The average Bonchev–Trinajstić information content (AvgIpc) is 3.11. The molecule has 1 heterocycles. The van der Waals surface area contributed by atoms with Crippen LogP contribution in [0, 0.1) is 12.7 Å². The van der Waals surface area contributed by atoms with Crippen LogP contribution in [0.3, 0.4) is 0 Å². The van der Waals surface area contributed by atoms with Gasteiger partial charge in [0.25, 0.3) is 5.91 Å². The number of benzene rings is 1. The molecule has 1 saturated carbocycles. The fourth-order valence-electron chi connectivity index (χ4n) is 1.83. The highest BCUT2D eigenvalue weighted by molar-refractivity contribution is 6.01. The van der Waals surface area contributed by atoms with Gasteiger partial charge in [-0.3, -0.25) is 9.89 Å². The number of aromatic amines is 1. The van der Waals surface area contributed by atoms with Crippen LogP contribution in [0.2, 0.25) is 0 Å². The van der Waals surface area contributed by atoms with Gasteiger partial charge in [0.1, 0.15) is 11.6 Å². The number of amides is 1. The van der Waals surface area contributed by atoms with Gasteiger partial charge in [0.05, 0.1) is 5.69 Å². The number of carbonyl (C=O) groups is 1. The molecule has 0 atom stereocenters. The van der Waals surface area contributed by atoms with Crippen LogP contribution in [0.1, 0.15) is 40.8 Å². The first-order chi connectivity index (χ1) is 9.13. The second-order valence-corrected chi connectivity index (χ2v) is 4.76. The van der Waals surface area contributed by atoms with E-state index in [1.54, 1.807) is 12.1 Å². The van der Waals surface area contributed by atoms with Gasteiger partial charge in [0.2, 0.25) is 5.82 Å². The predicted molar refractivity (Wildman–Crippen MR) is 67.4 cm³/mol. The Kier molecular flexibility index (Phi) is 2.77. The minimum atomic E-state index is -0.507. The molecule has 6 heteroatoms. The Morgan fingerprint density at radius 3 is 3.00 bits per heavy atom. The van der Waals surface area contributed by atoms with Gasteiger partial charge >= 0.3 is 0 Å². The van der Waals surface area contributed by atoms with Gasteiger partial charge < -0.3 is 5.32 Å². The Morgan fingerprint density at radius 1 is 1.47 bits per heavy atom. The van der Waals surface area contributed by atoms with Crippen molar-refractivity contribution < 1.29 is 9.18 Å². The largest absolute Gasteiger partial charge is 0.317 e. The minimum absolute atomic E-state index is 0.0443. The van der Waals surface area contributed by atoms with Crippen molar-refractivity contribution in [1.29, 1.82) is 0 Å². The smallest absolute Gasteiger partial charge is 0.295 e. The number of anilines is 1. The van der Waals surface area contributed by atoms with Crippen LogP contribution < -0.4 is 5.32 Å². The maximum absolute atomic E-state index is 13.5. The Balaban J connectivity index is 1.77. The maximum Gasteiger partial charge on any atom is 0.295 e. The van der Waals surface area contributed by atoms with E-state index in [0.29, 0.717) is 5.92 Å². The van der Waals surface area contributed by atoms with Gasteiger partial charge in [-0.15, -0.1) is 5.10 Å². The molecule has 1 aromatic heterocycles. The molecule has 1 aromatic carbocycles. The molecule has 0 saturated heterocycles. The van der Waals surface area contributed by atoms with E-state index in [2.05, 4.69) is 20.5 Å². The van der Waals surface area contributed by atoms with E-state index in [1.165, 1.54) is 6.07 Å². The summed E-state index contributed by atoms with van der Waals surface area (Å²) < 4.78 is 13.5. The third kappa shape index (κ3) is 2.47. The molecule has 2 aromatic rings. The highest BCUT2D eigenvalue weighted by Crippen LogP contribution is 2.37. The number of H-pyrrole nitrogens is 1. The molecule has 5 nitrogen and oxygen atoms in total. The molecule has 0 bridgehead atoms. The van der Waals surface area contributed by atoms with Crippen LogP contribution in [0.5, 0.6) is 0 Å². The molecule has 19 heavy (non-hydrogen) atoms. The predicted octanol–water partition coefficient (Wildman–Crippen LogP) is 2.38. The van der Waals surface area contributed by atoms with E-state index >= 15 is 0 Å². The average molecular weight is 260 g/mol. The van der Waals surface area contributed by atoms with Crippen LogP contribution in [0.25, 0.3) is 0 Å². The summed E-state index contributed by atoms with van der Waals surface area (Å²) in [5.74, 6) is 0.187. The molecule has 1 fully saturated rings. The summed E-state index contributed by atoms with van der Waals surface area (Å²) in [6.45, 7) is 1.83. The highest BCUT2D eigenvalue weighted by Gasteiger charge is 2.28. The van der Waals surface area contributed by atoms with Gasteiger partial charge in [0, 0.05) is 5.92 Å². The SMILES string of the molecule is Cc1ccc(F)c(NC(=O)c2n[nH]c(C3CC3)n2)c1. The number of nitrogens with one attached hydrogen (secondary N) is 2. The van der Waals surface area contributed by atoms with Gasteiger partial charge in [-0.2, -0.15) is 0 Å². The Labute approximate surface area is 109 Å². The molecule has 0 radical (unpaired) electrons. The zero-order valence-corrected chi connectivity index (χ0v) is 10.4. The van der Waals surface area contributed by atoms with E-state index in [4.69, 9.17) is 0 Å². The topological polar surface area (TPSA) is 70.7 Å². The Bertz CT molecular complexity index is 633. The lowest BCUT2D eigenvalue weighted by atomic mass is 10.2. The number of nitrogens with zero attached hydrogens (tertiary/aromatic N) is 2. The first kappa shape index (κ1) is 11.8. The maximum atomic E-state index is 13.5. The lowest BCUT2D eigenvalue weighted by Gasteiger charge is -2.04. The number of carbonyl (C=O) groups excluding carboxylic acids is 1. The van der Waals surface area contributed by atoms with Crippen molar-refractivity contribution in [3.63, 3.8) is 0 Å². The van der Waals surface area contributed by atoms with Crippen LogP contribution in [0.4, 0.5) is 10.1 Å². The number of aryl methyl sites for hydroxylation is 1. The molecule has 0 spiro atoms. The fourth-order valence-corrected chi connectivity index (χ4v) is 1.83. The van der Waals surface area contributed by atoms with E-state index < -0.39 is 11.7 Å². The second-order valence-electron chi connectivity index (χ2n) is 4.76. The van der Waals surface area contributed by atoms with E-state index in [0.717, 1.165) is 24.2 Å². The third-order valence-corrected chi connectivity index (χ3v) is 3.04. The van der Waals surface area contributed by atoms with Crippen molar-refractivity contribution in [2.45, 2.75) is 25.7 Å². The number of hydrogen-bond acceptors (Lipinski definition) is 3. The van der Waals surface area contributed by atoms with Crippen LogP contribution >= 0.6 is 0 Å². The van der Waals surface area contributed by atoms with Crippen molar-refractivity contribution in [3.8, 4) is 0 Å². The quantitative estimate of drug-likeness (QED) is 0.890. The fraction of sp³-hybridized carbons (Fsp3) is 0.308. The van der Waals surface area contributed by atoms with Crippen LogP contribution in [-0.4, -0.2) is 21.1 Å². The number of aromatic nitrogens is 3. The summed E-state index contributed by atoms with van der Waals surface area (Å²) in [4.78, 5) is 16.0. The first-order valence-electron chi connectivity index (χ1n) is 6.13. The molecule has 0 unspecified atom stereocenters. The summed E-state index contributed by atoms with van der Waals surface area (Å²) in [6.07, 6.45) is 2.14. The van der Waals surface area contributed by atoms with Gasteiger partial charge in [0.15, 0.2) is 0 Å². The molecular weight excluding hydrogens is 247 g/mol. The molecule has 2 N–H and O–H groups in total. The summed E-state index contributed by atoms with van der Waals surface area (Å²) in [5.41, 5.74) is 1.01. The van der Waals surface area contributed by atoms with Crippen LogP contribution in [-0.2, 0) is 0 Å². The monoisotopic (exact) mass is 260 g/mol. The Hall–Kier alpha value is -2.24. The minimum Gasteiger partial charge on any atom is -0.317 e. The van der Waals surface area contributed by atoms with Crippen molar-refractivity contribution in [2.24, 2.45) is 0 Å². The van der Waals surface area contributed by atoms with Gasteiger partial charge in [-0.05, 0) is 37.5 Å².